The van der Waals surface area contributed by atoms with Crippen LogP contribution in [0.25, 0.3) is 10.4 Å². The van der Waals surface area contributed by atoms with E-state index in [0.29, 0.717) is 5.02 Å². The molecule has 2 aromatic carbocycles. The zero-order valence-electron chi connectivity index (χ0n) is 13.2. The van der Waals surface area contributed by atoms with Crippen LogP contribution in [0.15, 0.2) is 53.6 Å². The molecule has 0 spiro atoms. The van der Waals surface area contributed by atoms with E-state index in [9.17, 15) is 13.6 Å². The van der Waals surface area contributed by atoms with Gasteiger partial charge in [0.15, 0.2) is 0 Å². The Morgan fingerprint density at radius 3 is 2.46 bits per heavy atom. The Kier molecular flexibility index (Phi) is 5.29. The normalized spacial score (nSPS) is 11.0. The molecule has 1 amide bonds. The Morgan fingerprint density at radius 2 is 1.81 bits per heavy atom. The number of carbonyl (C=O) groups excluding carboxylic acids is 1. The molecule has 3 N–H and O–H groups in total. The fourth-order valence-corrected chi connectivity index (χ4v) is 3.28. The summed E-state index contributed by atoms with van der Waals surface area (Å²) in [6.45, 7) is 0. The van der Waals surface area contributed by atoms with Gasteiger partial charge in [0.1, 0.15) is 16.5 Å². The first-order chi connectivity index (χ1) is 12.5. The van der Waals surface area contributed by atoms with Crippen LogP contribution in [0.2, 0.25) is 5.02 Å². The summed E-state index contributed by atoms with van der Waals surface area (Å²) in [4.78, 5) is 13.3. The number of nitrogens with two attached hydrogens (primary N) is 1. The number of thiophene rings is 1. The number of carbonyl (C=O) groups is 1. The number of benzene rings is 2. The van der Waals surface area contributed by atoms with E-state index in [2.05, 4.69) is 10.5 Å². The van der Waals surface area contributed by atoms with Crippen LogP contribution in [0.4, 0.5) is 14.5 Å². The number of hydrogen-bond donors (Lipinski definition) is 2. The minimum Gasteiger partial charge on any atom is -0.397 e. The molecular formula is C18H12ClF2N3OS. The number of hydrazone groups is 1. The van der Waals surface area contributed by atoms with Crippen LogP contribution >= 0.6 is 22.9 Å². The molecule has 0 radical (unpaired) electrons. The number of nitrogens with zero attached hydrogens (tertiary/aromatic N) is 1. The monoisotopic (exact) mass is 391 g/mol. The molecule has 0 saturated carbocycles. The highest BCUT2D eigenvalue weighted by atomic mass is 35.5. The van der Waals surface area contributed by atoms with Gasteiger partial charge in [0.25, 0.3) is 5.91 Å². The fourth-order valence-electron chi connectivity index (χ4n) is 2.18. The van der Waals surface area contributed by atoms with Crippen molar-refractivity contribution in [2.45, 2.75) is 0 Å². The highest BCUT2D eigenvalue weighted by Crippen LogP contribution is 2.33. The van der Waals surface area contributed by atoms with Crippen molar-refractivity contribution in [3.05, 3.63) is 75.6 Å². The Balaban J connectivity index is 1.76. The molecule has 0 unspecified atom stereocenters. The van der Waals surface area contributed by atoms with Gasteiger partial charge in [-0.2, -0.15) is 5.10 Å². The van der Waals surface area contributed by atoms with Crippen molar-refractivity contribution in [2.75, 3.05) is 5.73 Å². The predicted molar refractivity (Wildman–Crippen MR) is 101 cm³/mol. The lowest BCUT2D eigenvalue weighted by atomic mass is 10.2. The molecule has 3 aromatic rings. The first kappa shape index (κ1) is 18.0. The van der Waals surface area contributed by atoms with Crippen molar-refractivity contribution in [1.29, 1.82) is 0 Å². The van der Waals surface area contributed by atoms with Crippen molar-refractivity contribution in [3.8, 4) is 10.4 Å². The van der Waals surface area contributed by atoms with Crippen LogP contribution in [-0.4, -0.2) is 12.1 Å². The van der Waals surface area contributed by atoms with Crippen molar-refractivity contribution < 1.29 is 13.6 Å². The molecule has 4 nitrogen and oxygen atoms in total. The average molecular weight is 392 g/mol. The molecule has 0 fully saturated rings. The molecule has 0 bridgehead atoms. The molecule has 1 aromatic heterocycles. The van der Waals surface area contributed by atoms with Crippen LogP contribution in [0.5, 0.6) is 0 Å². The van der Waals surface area contributed by atoms with E-state index in [1.807, 2.05) is 12.1 Å². The quantitative estimate of drug-likeness (QED) is 0.500. The predicted octanol–water partition coefficient (Wildman–Crippen LogP) is 4.69. The highest BCUT2D eigenvalue weighted by Gasteiger charge is 2.15. The third-order valence-corrected chi connectivity index (χ3v) is 4.91. The lowest BCUT2D eigenvalue weighted by Gasteiger charge is -2.00. The summed E-state index contributed by atoms with van der Waals surface area (Å²) in [5, 5.41) is 4.21. The summed E-state index contributed by atoms with van der Waals surface area (Å²) in [6.07, 6.45) is 0.909. The highest BCUT2D eigenvalue weighted by molar-refractivity contribution is 7.18. The number of hydrogen-bond acceptors (Lipinski definition) is 4. The summed E-state index contributed by atoms with van der Waals surface area (Å²) < 4.78 is 27.0. The number of rotatable bonds is 4. The van der Waals surface area contributed by atoms with Gasteiger partial charge in [0, 0.05) is 9.90 Å². The van der Waals surface area contributed by atoms with Gasteiger partial charge in [-0.3, -0.25) is 4.79 Å². The molecule has 3 rings (SSSR count). The Labute approximate surface area is 156 Å². The van der Waals surface area contributed by atoms with Crippen molar-refractivity contribution >= 4 is 40.7 Å². The summed E-state index contributed by atoms with van der Waals surface area (Å²) in [6, 6.07) is 12.2. The molecule has 1 heterocycles. The zero-order chi connectivity index (χ0) is 18.7. The van der Waals surface area contributed by atoms with Gasteiger partial charge >= 0.3 is 0 Å². The van der Waals surface area contributed by atoms with Crippen LogP contribution in [-0.2, 0) is 0 Å². The molecule has 0 aliphatic rings. The van der Waals surface area contributed by atoms with Gasteiger partial charge in [-0.05, 0) is 35.9 Å². The van der Waals surface area contributed by atoms with Gasteiger partial charge in [-0.25, -0.2) is 14.2 Å². The fraction of sp³-hybridized carbons (Fsp3) is 0. The largest absolute Gasteiger partial charge is 0.397 e. The summed E-state index contributed by atoms with van der Waals surface area (Å²) in [7, 11) is 0. The van der Waals surface area contributed by atoms with Gasteiger partial charge < -0.3 is 5.73 Å². The summed E-state index contributed by atoms with van der Waals surface area (Å²) in [5.41, 5.74) is 8.92. The smallest absolute Gasteiger partial charge is 0.283 e. The van der Waals surface area contributed by atoms with E-state index >= 15 is 0 Å². The third-order valence-electron chi connectivity index (χ3n) is 3.46. The van der Waals surface area contributed by atoms with Crippen LogP contribution < -0.4 is 11.2 Å². The average Bonchev–Trinajstić information content (AvgIpc) is 3.00. The van der Waals surface area contributed by atoms with Crippen LogP contribution in [0.1, 0.15) is 15.2 Å². The Morgan fingerprint density at radius 1 is 1.15 bits per heavy atom. The summed E-state index contributed by atoms with van der Waals surface area (Å²) in [5.74, 6) is -2.12. The van der Waals surface area contributed by atoms with Crippen LogP contribution in [0.3, 0.4) is 0 Å². The van der Waals surface area contributed by atoms with Crippen molar-refractivity contribution in [2.24, 2.45) is 5.10 Å². The maximum Gasteiger partial charge on any atom is 0.283 e. The van der Waals surface area contributed by atoms with Crippen molar-refractivity contribution in [3.63, 3.8) is 0 Å². The van der Waals surface area contributed by atoms with E-state index in [0.717, 1.165) is 28.8 Å². The number of nitrogens with one attached hydrogen (secondary N) is 1. The number of halogens is 3. The molecule has 132 valence electrons. The molecule has 26 heavy (non-hydrogen) atoms. The van der Waals surface area contributed by atoms with Crippen molar-refractivity contribution in [1.82, 2.24) is 5.43 Å². The number of anilines is 1. The van der Waals surface area contributed by atoms with Gasteiger partial charge in [0.05, 0.1) is 17.5 Å². The SMILES string of the molecule is Nc1cc(-c2ccc(Cl)cc2)sc1C(=O)N/N=C\c1c(F)cccc1F. The lowest BCUT2D eigenvalue weighted by Crippen LogP contribution is -2.17. The molecule has 0 aliphatic heterocycles. The standard InChI is InChI=1S/C18H12ClF2N3OS/c19-11-6-4-10(5-7-11)16-8-15(22)17(26-16)18(25)24-23-9-12-13(20)2-1-3-14(12)21/h1-9H,22H2,(H,24,25)/b23-9-. The second-order valence-electron chi connectivity index (χ2n) is 5.24. The van der Waals surface area contributed by atoms with Gasteiger partial charge in [-0.1, -0.05) is 29.8 Å². The van der Waals surface area contributed by atoms with E-state index in [1.165, 1.54) is 17.4 Å². The minimum absolute atomic E-state index is 0.251. The van der Waals surface area contributed by atoms with E-state index in [1.54, 1.807) is 18.2 Å². The number of amides is 1. The zero-order valence-corrected chi connectivity index (χ0v) is 14.7. The third kappa shape index (κ3) is 3.89. The minimum atomic E-state index is -0.774. The van der Waals surface area contributed by atoms with Gasteiger partial charge in [-0.15, -0.1) is 11.3 Å². The second-order valence-corrected chi connectivity index (χ2v) is 6.73. The number of nitrogen functional groups attached to an aromatic ring is 1. The Hall–Kier alpha value is -2.77. The maximum atomic E-state index is 13.5. The van der Waals surface area contributed by atoms with Crippen LogP contribution in [0, 0.1) is 11.6 Å². The molecule has 0 aliphatic carbocycles. The van der Waals surface area contributed by atoms with E-state index in [4.69, 9.17) is 17.3 Å². The molecule has 8 heteroatoms. The van der Waals surface area contributed by atoms with E-state index < -0.39 is 17.5 Å². The maximum absolute atomic E-state index is 13.5. The first-order valence-electron chi connectivity index (χ1n) is 7.38. The molecule has 0 atom stereocenters. The molecular weight excluding hydrogens is 380 g/mol. The second kappa shape index (κ2) is 7.63. The topological polar surface area (TPSA) is 67.5 Å². The molecule has 0 saturated heterocycles. The van der Waals surface area contributed by atoms with E-state index in [-0.39, 0.29) is 16.1 Å². The Bertz CT molecular complexity index is 966. The van der Waals surface area contributed by atoms with Gasteiger partial charge in [0.2, 0.25) is 0 Å². The lowest BCUT2D eigenvalue weighted by molar-refractivity contribution is 0.0960. The summed E-state index contributed by atoms with van der Waals surface area (Å²) >= 11 is 7.04. The first-order valence-corrected chi connectivity index (χ1v) is 8.58.